The Morgan fingerprint density at radius 2 is 2.06 bits per heavy atom. The third-order valence-electron chi connectivity index (χ3n) is 5.60. The SMILES string of the molecule is C#C[C@H](CC(=O)OCC)NC(=O)CN(C(=O)C1CCCN(c2ccncc2)C1)C1CC1. The molecule has 1 aromatic rings. The number of carbonyl (C=O) groups is 3. The summed E-state index contributed by atoms with van der Waals surface area (Å²) in [5, 5.41) is 2.67. The average molecular weight is 427 g/mol. The first-order chi connectivity index (χ1) is 15.0. The molecule has 0 bridgehead atoms. The van der Waals surface area contributed by atoms with Crippen molar-refractivity contribution in [1.29, 1.82) is 0 Å². The number of hydrogen-bond acceptors (Lipinski definition) is 6. The third kappa shape index (κ3) is 6.45. The van der Waals surface area contributed by atoms with Gasteiger partial charge in [-0.1, -0.05) is 5.92 Å². The first-order valence-corrected chi connectivity index (χ1v) is 10.9. The number of nitrogens with one attached hydrogen (secondary N) is 1. The molecule has 2 fully saturated rings. The van der Waals surface area contributed by atoms with Crippen LogP contribution in [0.4, 0.5) is 5.69 Å². The number of esters is 1. The zero-order valence-electron chi connectivity index (χ0n) is 18.0. The monoisotopic (exact) mass is 426 g/mol. The lowest BCUT2D eigenvalue weighted by molar-refractivity contribution is -0.144. The molecule has 2 atom stereocenters. The van der Waals surface area contributed by atoms with Crippen LogP contribution in [0.1, 0.15) is 39.0 Å². The van der Waals surface area contributed by atoms with E-state index in [1.165, 1.54) is 0 Å². The van der Waals surface area contributed by atoms with Crippen LogP contribution in [0, 0.1) is 18.3 Å². The number of anilines is 1. The Balaban J connectivity index is 1.58. The van der Waals surface area contributed by atoms with Gasteiger partial charge in [-0.25, -0.2) is 0 Å². The first kappa shape index (κ1) is 22.6. The molecule has 3 rings (SSSR count). The van der Waals surface area contributed by atoms with Crippen LogP contribution in [0.5, 0.6) is 0 Å². The van der Waals surface area contributed by atoms with Crippen molar-refractivity contribution < 1.29 is 19.1 Å². The van der Waals surface area contributed by atoms with Crippen molar-refractivity contribution in [2.75, 3.05) is 31.1 Å². The lowest BCUT2D eigenvalue weighted by atomic mass is 9.96. The van der Waals surface area contributed by atoms with E-state index < -0.39 is 12.0 Å². The van der Waals surface area contributed by atoms with Gasteiger partial charge in [0.25, 0.3) is 0 Å². The molecule has 2 aliphatic rings. The predicted octanol–water partition coefficient (Wildman–Crippen LogP) is 1.36. The summed E-state index contributed by atoms with van der Waals surface area (Å²) in [5.74, 6) is 1.46. The minimum absolute atomic E-state index is 0.0130. The summed E-state index contributed by atoms with van der Waals surface area (Å²) in [7, 11) is 0. The van der Waals surface area contributed by atoms with Gasteiger partial charge in [-0.3, -0.25) is 19.4 Å². The molecule has 0 spiro atoms. The highest BCUT2D eigenvalue weighted by molar-refractivity contribution is 5.87. The number of nitrogens with zero attached hydrogens (tertiary/aromatic N) is 3. The van der Waals surface area contributed by atoms with E-state index in [0.717, 1.165) is 37.9 Å². The summed E-state index contributed by atoms with van der Waals surface area (Å²) in [6.07, 6.45) is 12.4. The lowest BCUT2D eigenvalue weighted by Crippen LogP contribution is -2.50. The number of carbonyl (C=O) groups excluding carboxylic acids is 3. The summed E-state index contributed by atoms with van der Waals surface area (Å²) in [4.78, 5) is 45.5. The molecule has 1 aromatic heterocycles. The van der Waals surface area contributed by atoms with Crippen molar-refractivity contribution in [1.82, 2.24) is 15.2 Å². The normalized spacial score (nSPS) is 19.1. The van der Waals surface area contributed by atoms with Gasteiger partial charge in [0.1, 0.15) is 6.04 Å². The van der Waals surface area contributed by atoms with Crippen LogP contribution in [0.3, 0.4) is 0 Å². The molecule has 8 nitrogen and oxygen atoms in total. The predicted molar refractivity (Wildman–Crippen MR) is 116 cm³/mol. The molecule has 2 heterocycles. The molecule has 31 heavy (non-hydrogen) atoms. The Hall–Kier alpha value is -3.08. The van der Waals surface area contributed by atoms with E-state index in [-0.39, 0.29) is 43.3 Å². The fourth-order valence-electron chi connectivity index (χ4n) is 3.91. The number of aromatic nitrogens is 1. The number of hydrogen-bond donors (Lipinski definition) is 1. The van der Waals surface area contributed by atoms with Gasteiger partial charge in [0.05, 0.1) is 25.5 Å². The second-order valence-electron chi connectivity index (χ2n) is 7.98. The second-order valence-corrected chi connectivity index (χ2v) is 7.98. The minimum atomic E-state index is -0.750. The maximum absolute atomic E-state index is 13.3. The Morgan fingerprint density at radius 1 is 1.32 bits per heavy atom. The van der Waals surface area contributed by atoms with E-state index in [9.17, 15) is 14.4 Å². The molecule has 166 valence electrons. The van der Waals surface area contributed by atoms with Crippen molar-refractivity contribution >= 4 is 23.5 Å². The fraction of sp³-hybridized carbons (Fsp3) is 0.565. The topological polar surface area (TPSA) is 91.8 Å². The van der Waals surface area contributed by atoms with Gasteiger partial charge in [0, 0.05) is 37.2 Å². The molecule has 1 saturated carbocycles. The van der Waals surface area contributed by atoms with Crippen LogP contribution in [0.2, 0.25) is 0 Å². The van der Waals surface area contributed by atoms with Gasteiger partial charge >= 0.3 is 5.97 Å². The van der Waals surface area contributed by atoms with Crippen LogP contribution in [0.25, 0.3) is 0 Å². The number of amides is 2. The highest BCUT2D eigenvalue weighted by Crippen LogP contribution is 2.31. The van der Waals surface area contributed by atoms with Gasteiger partial charge < -0.3 is 19.9 Å². The Kier molecular flexibility index (Phi) is 7.88. The van der Waals surface area contributed by atoms with Gasteiger partial charge in [-0.15, -0.1) is 6.42 Å². The average Bonchev–Trinajstić information content (AvgIpc) is 3.62. The van der Waals surface area contributed by atoms with Crippen LogP contribution < -0.4 is 10.2 Å². The number of rotatable bonds is 9. The zero-order chi connectivity index (χ0) is 22.2. The smallest absolute Gasteiger partial charge is 0.308 e. The van der Waals surface area contributed by atoms with E-state index in [0.29, 0.717) is 6.54 Å². The van der Waals surface area contributed by atoms with E-state index >= 15 is 0 Å². The van der Waals surface area contributed by atoms with Crippen molar-refractivity contribution in [2.45, 2.75) is 51.1 Å². The van der Waals surface area contributed by atoms with Crippen molar-refractivity contribution in [3.63, 3.8) is 0 Å². The van der Waals surface area contributed by atoms with E-state index in [2.05, 4.69) is 21.1 Å². The Labute approximate surface area is 183 Å². The summed E-state index contributed by atoms with van der Waals surface area (Å²) < 4.78 is 4.89. The van der Waals surface area contributed by atoms with Crippen LogP contribution in [0.15, 0.2) is 24.5 Å². The zero-order valence-corrected chi connectivity index (χ0v) is 18.0. The van der Waals surface area contributed by atoms with Gasteiger partial charge in [-0.2, -0.15) is 0 Å². The summed E-state index contributed by atoms with van der Waals surface area (Å²) >= 11 is 0. The Morgan fingerprint density at radius 3 is 2.71 bits per heavy atom. The second kappa shape index (κ2) is 10.8. The van der Waals surface area contributed by atoms with Crippen LogP contribution >= 0.6 is 0 Å². The number of terminal acetylenes is 1. The van der Waals surface area contributed by atoms with Crippen LogP contribution in [-0.2, 0) is 19.1 Å². The molecule has 8 heteroatoms. The minimum Gasteiger partial charge on any atom is -0.466 e. The third-order valence-corrected chi connectivity index (χ3v) is 5.60. The van der Waals surface area contributed by atoms with E-state index in [1.807, 2.05) is 12.1 Å². The maximum Gasteiger partial charge on any atom is 0.308 e. The molecule has 2 amide bonds. The highest BCUT2D eigenvalue weighted by Gasteiger charge is 2.38. The summed E-state index contributed by atoms with van der Waals surface area (Å²) in [5.41, 5.74) is 1.05. The quantitative estimate of drug-likeness (QED) is 0.474. The lowest BCUT2D eigenvalue weighted by Gasteiger charge is -2.36. The molecule has 1 aliphatic heterocycles. The van der Waals surface area contributed by atoms with Crippen LogP contribution in [-0.4, -0.2) is 66.0 Å². The number of pyridine rings is 1. The van der Waals surface area contributed by atoms with Gasteiger partial charge in [0.2, 0.25) is 11.8 Å². The molecule has 0 radical (unpaired) electrons. The van der Waals surface area contributed by atoms with Crippen molar-refractivity contribution in [2.24, 2.45) is 5.92 Å². The van der Waals surface area contributed by atoms with E-state index in [1.54, 1.807) is 24.2 Å². The highest BCUT2D eigenvalue weighted by atomic mass is 16.5. The first-order valence-electron chi connectivity index (χ1n) is 10.9. The fourth-order valence-corrected chi connectivity index (χ4v) is 3.91. The van der Waals surface area contributed by atoms with Gasteiger partial charge in [-0.05, 0) is 44.7 Å². The van der Waals surface area contributed by atoms with Crippen molar-refractivity contribution in [3.05, 3.63) is 24.5 Å². The molecule has 1 saturated heterocycles. The molecular weight excluding hydrogens is 396 g/mol. The summed E-state index contributed by atoms with van der Waals surface area (Å²) in [6.45, 7) is 3.45. The maximum atomic E-state index is 13.3. The molecular formula is C23H30N4O4. The van der Waals surface area contributed by atoms with Crippen molar-refractivity contribution in [3.8, 4) is 12.3 Å². The van der Waals surface area contributed by atoms with E-state index in [4.69, 9.17) is 11.2 Å². The Bertz CT molecular complexity index is 819. The molecule has 1 N–H and O–H groups in total. The standard InChI is InChI=1S/C23H30N4O4/c1-3-18(14-22(29)31-4-2)25-21(28)16-27(20-7-8-20)23(30)17-6-5-13-26(15-17)19-9-11-24-12-10-19/h1,9-12,17-18,20H,4-8,13-16H2,2H3,(H,25,28)/t17?,18-/m1/s1. The summed E-state index contributed by atoms with van der Waals surface area (Å²) in [6, 6.07) is 3.24. The van der Waals surface area contributed by atoms with Gasteiger partial charge in [0.15, 0.2) is 0 Å². The number of ether oxygens (including phenoxy) is 1. The molecule has 1 unspecified atom stereocenters. The molecule has 0 aromatic carbocycles. The molecule has 1 aliphatic carbocycles. The number of piperidine rings is 1. The largest absolute Gasteiger partial charge is 0.466 e.